The molecule has 0 spiro atoms. The molecule has 1 heterocycles. The number of halogens is 1. The minimum Gasteiger partial charge on any atom is -0.497 e. The van der Waals surface area contributed by atoms with Crippen LogP contribution in [0.25, 0.3) is 0 Å². The Bertz CT molecular complexity index is 493. The zero-order valence-electron chi connectivity index (χ0n) is 12.1. The zero-order chi connectivity index (χ0) is 14.7. The number of hydrogen-bond donors (Lipinski definition) is 2. The second kappa shape index (κ2) is 6.22. The van der Waals surface area contributed by atoms with Crippen LogP contribution in [0.5, 0.6) is 5.75 Å². The quantitative estimate of drug-likeness (QED) is 0.891. The maximum atomic E-state index is 13.8. The molecule has 0 bridgehead atoms. The number of rotatable bonds is 3. The third-order valence-electron chi connectivity index (χ3n) is 3.80. The van der Waals surface area contributed by atoms with Crippen LogP contribution in [-0.2, 0) is 0 Å². The number of hydrogen-bond acceptors (Lipinski definition) is 3. The molecule has 2 rings (SSSR count). The van der Waals surface area contributed by atoms with E-state index in [2.05, 4.69) is 17.6 Å². The average molecular weight is 280 g/mol. The fourth-order valence-corrected chi connectivity index (χ4v) is 2.58. The Hall–Kier alpha value is -1.62. The van der Waals surface area contributed by atoms with E-state index in [1.165, 1.54) is 19.2 Å². The van der Waals surface area contributed by atoms with Crippen molar-refractivity contribution in [1.29, 1.82) is 0 Å². The SMILES string of the molecule is COc1ccc(C(=O)NC2CCC(C)NC2C)c(F)c1. The van der Waals surface area contributed by atoms with Gasteiger partial charge in [0.25, 0.3) is 5.91 Å². The van der Waals surface area contributed by atoms with Crippen molar-refractivity contribution in [1.82, 2.24) is 10.6 Å². The summed E-state index contributed by atoms with van der Waals surface area (Å²) in [5.41, 5.74) is 0.0524. The molecule has 3 unspecified atom stereocenters. The maximum absolute atomic E-state index is 13.8. The van der Waals surface area contributed by atoms with Gasteiger partial charge < -0.3 is 15.4 Å². The monoisotopic (exact) mass is 280 g/mol. The Morgan fingerprint density at radius 3 is 2.75 bits per heavy atom. The van der Waals surface area contributed by atoms with Crippen molar-refractivity contribution in [3.63, 3.8) is 0 Å². The first kappa shape index (κ1) is 14.8. The van der Waals surface area contributed by atoms with Crippen molar-refractivity contribution in [3.05, 3.63) is 29.6 Å². The molecule has 1 aromatic carbocycles. The number of ether oxygens (including phenoxy) is 1. The summed E-state index contributed by atoms with van der Waals surface area (Å²) >= 11 is 0. The summed E-state index contributed by atoms with van der Waals surface area (Å²) < 4.78 is 18.8. The number of amides is 1. The van der Waals surface area contributed by atoms with Gasteiger partial charge >= 0.3 is 0 Å². The Labute approximate surface area is 118 Å². The topological polar surface area (TPSA) is 50.4 Å². The molecule has 0 radical (unpaired) electrons. The van der Waals surface area contributed by atoms with E-state index in [0.29, 0.717) is 11.8 Å². The van der Waals surface area contributed by atoms with Gasteiger partial charge in [0, 0.05) is 24.2 Å². The molecule has 0 aromatic heterocycles. The van der Waals surface area contributed by atoms with Crippen LogP contribution < -0.4 is 15.4 Å². The van der Waals surface area contributed by atoms with Gasteiger partial charge in [0.05, 0.1) is 12.7 Å². The van der Waals surface area contributed by atoms with Crippen LogP contribution in [-0.4, -0.2) is 31.1 Å². The summed E-state index contributed by atoms with van der Waals surface area (Å²) in [5.74, 6) is -0.537. The first-order chi connectivity index (χ1) is 9.51. The second-order valence-electron chi connectivity index (χ2n) is 5.36. The summed E-state index contributed by atoms with van der Waals surface area (Å²) in [5, 5.41) is 6.29. The lowest BCUT2D eigenvalue weighted by atomic mass is 9.95. The molecule has 4 nitrogen and oxygen atoms in total. The highest BCUT2D eigenvalue weighted by Crippen LogP contribution is 2.18. The number of benzene rings is 1. The molecule has 5 heteroatoms. The highest BCUT2D eigenvalue weighted by Gasteiger charge is 2.26. The number of carbonyl (C=O) groups excluding carboxylic acids is 1. The van der Waals surface area contributed by atoms with E-state index in [4.69, 9.17) is 4.74 Å². The standard InChI is InChI=1S/C15H21FN2O2/c1-9-4-7-14(10(2)17-9)18-15(19)12-6-5-11(20-3)8-13(12)16/h5-6,8-10,14,17H,4,7H2,1-3H3,(H,18,19). The highest BCUT2D eigenvalue weighted by molar-refractivity contribution is 5.94. The van der Waals surface area contributed by atoms with Crippen molar-refractivity contribution in [2.24, 2.45) is 0 Å². The van der Waals surface area contributed by atoms with Crippen LogP contribution in [0.4, 0.5) is 4.39 Å². The predicted octanol–water partition coefficient (Wildman–Crippen LogP) is 2.09. The molecule has 0 saturated carbocycles. The summed E-state index contributed by atoms with van der Waals surface area (Å²) in [6.07, 6.45) is 1.90. The van der Waals surface area contributed by atoms with Gasteiger partial charge in [-0.15, -0.1) is 0 Å². The molecule has 1 aliphatic rings. The molecule has 3 atom stereocenters. The fourth-order valence-electron chi connectivity index (χ4n) is 2.58. The molecular formula is C15H21FN2O2. The molecule has 1 amide bonds. The average Bonchev–Trinajstić information content (AvgIpc) is 2.41. The Balaban J connectivity index is 2.05. The number of piperidine rings is 1. The largest absolute Gasteiger partial charge is 0.497 e. The molecule has 2 N–H and O–H groups in total. The summed E-state index contributed by atoms with van der Waals surface area (Å²) in [6, 6.07) is 4.93. The van der Waals surface area contributed by atoms with Crippen molar-refractivity contribution < 1.29 is 13.9 Å². The molecule has 20 heavy (non-hydrogen) atoms. The number of methoxy groups -OCH3 is 1. The van der Waals surface area contributed by atoms with Gasteiger partial charge in [-0.2, -0.15) is 0 Å². The van der Waals surface area contributed by atoms with E-state index in [1.807, 2.05) is 6.92 Å². The van der Waals surface area contributed by atoms with Gasteiger partial charge in [0.15, 0.2) is 0 Å². The van der Waals surface area contributed by atoms with E-state index >= 15 is 0 Å². The van der Waals surface area contributed by atoms with Crippen LogP contribution in [0.2, 0.25) is 0 Å². The molecule has 1 fully saturated rings. The van der Waals surface area contributed by atoms with Crippen molar-refractivity contribution in [3.8, 4) is 5.75 Å². The minimum absolute atomic E-state index is 0.0280. The molecule has 1 aliphatic heterocycles. The van der Waals surface area contributed by atoms with E-state index in [-0.39, 0.29) is 23.6 Å². The zero-order valence-corrected chi connectivity index (χ0v) is 12.1. The minimum atomic E-state index is -0.563. The summed E-state index contributed by atoms with van der Waals surface area (Å²) in [6.45, 7) is 4.16. The van der Waals surface area contributed by atoms with Crippen LogP contribution in [0.3, 0.4) is 0 Å². The molecule has 0 aliphatic carbocycles. The van der Waals surface area contributed by atoms with Gasteiger partial charge in [-0.25, -0.2) is 4.39 Å². The van der Waals surface area contributed by atoms with E-state index in [0.717, 1.165) is 12.8 Å². The second-order valence-corrected chi connectivity index (χ2v) is 5.36. The fraction of sp³-hybridized carbons (Fsp3) is 0.533. The van der Waals surface area contributed by atoms with Crippen LogP contribution >= 0.6 is 0 Å². The van der Waals surface area contributed by atoms with Crippen LogP contribution in [0.1, 0.15) is 37.0 Å². The number of nitrogens with one attached hydrogen (secondary N) is 2. The Morgan fingerprint density at radius 2 is 2.15 bits per heavy atom. The Morgan fingerprint density at radius 1 is 1.40 bits per heavy atom. The first-order valence-corrected chi connectivity index (χ1v) is 6.91. The summed E-state index contributed by atoms with van der Waals surface area (Å²) in [7, 11) is 1.46. The van der Waals surface area contributed by atoms with Gasteiger partial charge in [0.2, 0.25) is 0 Å². The van der Waals surface area contributed by atoms with Gasteiger partial charge in [-0.3, -0.25) is 4.79 Å². The predicted molar refractivity (Wildman–Crippen MR) is 75.5 cm³/mol. The first-order valence-electron chi connectivity index (χ1n) is 6.91. The lowest BCUT2D eigenvalue weighted by Crippen LogP contribution is -2.54. The highest BCUT2D eigenvalue weighted by atomic mass is 19.1. The van der Waals surface area contributed by atoms with E-state index < -0.39 is 5.82 Å². The normalized spacial score (nSPS) is 26.1. The lowest BCUT2D eigenvalue weighted by molar-refractivity contribution is 0.0910. The van der Waals surface area contributed by atoms with Crippen molar-refractivity contribution in [2.45, 2.75) is 44.8 Å². The lowest BCUT2D eigenvalue weighted by Gasteiger charge is -2.34. The van der Waals surface area contributed by atoms with Crippen molar-refractivity contribution >= 4 is 5.91 Å². The van der Waals surface area contributed by atoms with E-state index in [1.54, 1.807) is 6.07 Å². The molecule has 1 saturated heterocycles. The van der Waals surface area contributed by atoms with E-state index in [9.17, 15) is 9.18 Å². The molecular weight excluding hydrogens is 259 g/mol. The third kappa shape index (κ3) is 3.28. The van der Waals surface area contributed by atoms with Crippen molar-refractivity contribution in [2.75, 3.05) is 7.11 Å². The van der Waals surface area contributed by atoms with Gasteiger partial charge in [-0.1, -0.05) is 0 Å². The van der Waals surface area contributed by atoms with Crippen LogP contribution in [0.15, 0.2) is 18.2 Å². The molecule has 1 aromatic rings. The number of carbonyl (C=O) groups is 1. The third-order valence-corrected chi connectivity index (χ3v) is 3.80. The smallest absolute Gasteiger partial charge is 0.254 e. The molecule has 110 valence electrons. The Kier molecular flexibility index (Phi) is 4.60. The summed E-state index contributed by atoms with van der Waals surface area (Å²) in [4.78, 5) is 12.1. The van der Waals surface area contributed by atoms with Crippen LogP contribution in [0, 0.1) is 5.82 Å². The van der Waals surface area contributed by atoms with Gasteiger partial charge in [-0.05, 0) is 38.8 Å². The maximum Gasteiger partial charge on any atom is 0.254 e. The van der Waals surface area contributed by atoms with Gasteiger partial charge in [0.1, 0.15) is 11.6 Å².